The Morgan fingerprint density at radius 1 is 0.839 bits per heavy atom. The number of piperidine rings is 1. The first-order valence-electron chi connectivity index (χ1n) is 10.6. The third-order valence-electron chi connectivity index (χ3n) is 5.64. The van der Waals surface area contributed by atoms with E-state index in [1.54, 1.807) is 30.3 Å². The van der Waals surface area contributed by atoms with E-state index in [0.29, 0.717) is 21.8 Å². The van der Waals surface area contributed by atoms with Gasteiger partial charge in [-0.05, 0) is 49.7 Å². The monoisotopic (exact) mass is 432 g/mol. The van der Waals surface area contributed by atoms with Gasteiger partial charge in [-0.3, -0.25) is 14.5 Å². The quantitative estimate of drug-likeness (QED) is 0.505. The van der Waals surface area contributed by atoms with Crippen LogP contribution in [0.2, 0.25) is 5.02 Å². The van der Waals surface area contributed by atoms with Gasteiger partial charge in [0, 0.05) is 16.1 Å². The zero-order valence-electron chi connectivity index (χ0n) is 17.3. The van der Waals surface area contributed by atoms with Crippen molar-refractivity contribution in [3.63, 3.8) is 0 Å². The highest BCUT2D eigenvalue weighted by molar-refractivity contribution is 6.31. The van der Waals surface area contributed by atoms with Gasteiger partial charge in [0.2, 0.25) is 5.91 Å². The Hall–Kier alpha value is -2.95. The molecule has 1 unspecified atom stereocenters. The van der Waals surface area contributed by atoms with Gasteiger partial charge in [-0.15, -0.1) is 0 Å². The van der Waals surface area contributed by atoms with E-state index in [-0.39, 0.29) is 11.7 Å². The van der Waals surface area contributed by atoms with Crippen LogP contribution in [-0.4, -0.2) is 29.7 Å². The van der Waals surface area contributed by atoms with E-state index in [1.807, 2.05) is 48.5 Å². The van der Waals surface area contributed by atoms with Gasteiger partial charge in [0.25, 0.3) is 0 Å². The standard InChI is InChI=1S/C26H25ClN2O2/c27-21-14-15-23(22(18-21)25(30)20-12-6-2-7-13-20)28-26(31)24(19-10-4-1-5-11-19)29-16-8-3-9-17-29/h1-2,4-7,10-15,18,24H,3,8-9,16-17H2,(H,28,31). The fourth-order valence-electron chi connectivity index (χ4n) is 4.10. The Morgan fingerprint density at radius 2 is 1.48 bits per heavy atom. The minimum absolute atomic E-state index is 0.141. The summed E-state index contributed by atoms with van der Waals surface area (Å²) in [6.45, 7) is 1.76. The Balaban J connectivity index is 1.65. The molecule has 31 heavy (non-hydrogen) atoms. The van der Waals surface area contributed by atoms with Gasteiger partial charge in [-0.1, -0.05) is 78.7 Å². The van der Waals surface area contributed by atoms with Gasteiger partial charge in [0.05, 0.1) is 5.69 Å². The van der Waals surface area contributed by atoms with Crippen molar-refractivity contribution in [1.82, 2.24) is 4.90 Å². The summed E-state index contributed by atoms with van der Waals surface area (Å²) in [6, 6.07) is 23.4. The molecule has 0 spiro atoms. The molecule has 3 aromatic carbocycles. The Morgan fingerprint density at radius 3 is 2.16 bits per heavy atom. The number of rotatable bonds is 6. The molecule has 0 bridgehead atoms. The van der Waals surface area contributed by atoms with Crippen molar-refractivity contribution in [3.8, 4) is 0 Å². The maximum absolute atomic E-state index is 13.5. The summed E-state index contributed by atoms with van der Waals surface area (Å²) in [4.78, 5) is 28.9. The van der Waals surface area contributed by atoms with Gasteiger partial charge in [-0.2, -0.15) is 0 Å². The molecule has 0 saturated carbocycles. The molecule has 1 aliphatic heterocycles. The summed E-state index contributed by atoms with van der Waals surface area (Å²) in [7, 11) is 0. The molecule has 1 atom stereocenters. The minimum atomic E-state index is -0.406. The van der Waals surface area contributed by atoms with Gasteiger partial charge < -0.3 is 5.32 Å². The lowest BCUT2D eigenvalue weighted by molar-refractivity contribution is -0.122. The van der Waals surface area contributed by atoms with Gasteiger partial charge >= 0.3 is 0 Å². The number of nitrogens with one attached hydrogen (secondary N) is 1. The second-order valence-corrected chi connectivity index (χ2v) is 8.22. The lowest BCUT2D eigenvalue weighted by Crippen LogP contribution is -2.40. The number of carbonyl (C=O) groups is 2. The van der Waals surface area contributed by atoms with Crippen molar-refractivity contribution < 1.29 is 9.59 Å². The summed E-state index contributed by atoms with van der Waals surface area (Å²) in [5.74, 6) is -0.315. The number of carbonyl (C=O) groups excluding carboxylic acids is 2. The SMILES string of the molecule is O=C(c1ccccc1)c1cc(Cl)ccc1NC(=O)C(c1ccccc1)N1CCCCC1. The predicted octanol–water partition coefficient (Wildman–Crippen LogP) is 5.74. The lowest BCUT2D eigenvalue weighted by Gasteiger charge is -2.34. The number of hydrogen-bond donors (Lipinski definition) is 1. The van der Waals surface area contributed by atoms with Gasteiger partial charge in [-0.25, -0.2) is 0 Å². The molecule has 0 aromatic heterocycles. The first-order chi connectivity index (χ1) is 15.1. The van der Waals surface area contributed by atoms with Crippen molar-refractivity contribution >= 4 is 29.0 Å². The molecule has 1 aliphatic rings. The van der Waals surface area contributed by atoms with Crippen LogP contribution in [0.4, 0.5) is 5.69 Å². The Bertz CT molecular complexity index is 1050. The van der Waals surface area contributed by atoms with E-state index in [2.05, 4.69) is 10.2 Å². The second kappa shape index (κ2) is 9.90. The summed E-state index contributed by atoms with van der Waals surface area (Å²) in [5.41, 5.74) is 2.36. The van der Waals surface area contributed by atoms with Crippen molar-refractivity contribution in [1.29, 1.82) is 0 Å². The normalized spacial score (nSPS) is 15.3. The summed E-state index contributed by atoms with van der Waals surface area (Å²) in [6.07, 6.45) is 3.34. The molecule has 1 heterocycles. The number of nitrogens with zero attached hydrogens (tertiary/aromatic N) is 1. The number of amides is 1. The first-order valence-corrected chi connectivity index (χ1v) is 11.0. The first kappa shape index (κ1) is 21.3. The van der Waals surface area contributed by atoms with Gasteiger partial charge in [0.1, 0.15) is 6.04 Å². The fraction of sp³-hybridized carbons (Fsp3) is 0.231. The number of hydrogen-bond acceptors (Lipinski definition) is 3. The highest BCUT2D eigenvalue weighted by atomic mass is 35.5. The Kier molecular flexibility index (Phi) is 6.80. The topological polar surface area (TPSA) is 49.4 Å². The van der Waals surface area contributed by atoms with E-state index >= 15 is 0 Å². The number of likely N-dealkylation sites (tertiary alicyclic amines) is 1. The maximum Gasteiger partial charge on any atom is 0.246 e. The average molecular weight is 433 g/mol. The van der Waals surface area contributed by atoms with Crippen molar-refractivity contribution in [3.05, 3.63) is 101 Å². The van der Waals surface area contributed by atoms with E-state index in [9.17, 15) is 9.59 Å². The maximum atomic E-state index is 13.5. The number of anilines is 1. The smallest absolute Gasteiger partial charge is 0.246 e. The van der Waals surface area contributed by atoms with Crippen molar-refractivity contribution in [2.75, 3.05) is 18.4 Å². The number of ketones is 1. The lowest BCUT2D eigenvalue weighted by atomic mass is 9.99. The highest BCUT2D eigenvalue weighted by Crippen LogP contribution is 2.29. The second-order valence-electron chi connectivity index (χ2n) is 7.78. The fourth-order valence-corrected chi connectivity index (χ4v) is 4.27. The van der Waals surface area contributed by atoms with Gasteiger partial charge in [0.15, 0.2) is 5.78 Å². The van der Waals surface area contributed by atoms with E-state index in [0.717, 1.165) is 31.5 Å². The zero-order chi connectivity index (χ0) is 21.6. The van der Waals surface area contributed by atoms with Crippen LogP contribution in [0.25, 0.3) is 0 Å². The molecule has 1 amide bonds. The predicted molar refractivity (Wildman–Crippen MR) is 125 cm³/mol. The highest BCUT2D eigenvalue weighted by Gasteiger charge is 2.29. The van der Waals surface area contributed by atoms with E-state index in [4.69, 9.17) is 11.6 Å². The van der Waals surface area contributed by atoms with Crippen LogP contribution >= 0.6 is 11.6 Å². The van der Waals surface area contributed by atoms with Crippen LogP contribution in [0.15, 0.2) is 78.9 Å². The van der Waals surface area contributed by atoms with Crippen LogP contribution in [0.3, 0.4) is 0 Å². The van der Waals surface area contributed by atoms with Crippen LogP contribution in [-0.2, 0) is 4.79 Å². The van der Waals surface area contributed by atoms with Crippen molar-refractivity contribution in [2.45, 2.75) is 25.3 Å². The largest absolute Gasteiger partial charge is 0.324 e. The molecular formula is C26H25ClN2O2. The van der Waals surface area contributed by atoms with Crippen molar-refractivity contribution in [2.24, 2.45) is 0 Å². The molecule has 3 aromatic rings. The molecule has 5 heteroatoms. The van der Waals surface area contributed by atoms with Crippen LogP contribution in [0.1, 0.15) is 46.8 Å². The summed E-state index contributed by atoms with van der Waals surface area (Å²) < 4.78 is 0. The molecule has 4 rings (SSSR count). The van der Waals surface area contributed by atoms with Crippen LogP contribution in [0, 0.1) is 0 Å². The molecule has 0 aliphatic carbocycles. The number of halogens is 1. The summed E-state index contributed by atoms with van der Waals surface area (Å²) >= 11 is 6.19. The molecule has 1 fully saturated rings. The van der Waals surface area contributed by atoms with Crippen LogP contribution in [0.5, 0.6) is 0 Å². The third kappa shape index (κ3) is 5.04. The Labute approximate surface area is 187 Å². The molecule has 1 saturated heterocycles. The molecule has 4 nitrogen and oxygen atoms in total. The van der Waals surface area contributed by atoms with E-state index < -0.39 is 6.04 Å². The third-order valence-corrected chi connectivity index (χ3v) is 5.87. The molecule has 1 N–H and O–H groups in total. The molecule has 158 valence electrons. The van der Waals surface area contributed by atoms with Crippen LogP contribution < -0.4 is 5.32 Å². The molecule has 0 radical (unpaired) electrons. The molecular weight excluding hydrogens is 408 g/mol. The minimum Gasteiger partial charge on any atom is -0.324 e. The zero-order valence-corrected chi connectivity index (χ0v) is 18.0. The average Bonchev–Trinajstić information content (AvgIpc) is 2.82. The summed E-state index contributed by atoms with van der Waals surface area (Å²) in [5, 5.41) is 3.48. The number of benzene rings is 3. The van der Waals surface area contributed by atoms with E-state index in [1.165, 1.54) is 6.42 Å².